The quantitative estimate of drug-likeness (QED) is 0.801. The van der Waals surface area contributed by atoms with Crippen LogP contribution in [0, 0.1) is 0 Å². The van der Waals surface area contributed by atoms with Gasteiger partial charge in [-0.2, -0.15) is 0 Å². The number of rotatable bonds is 0. The van der Waals surface area contributed by atoms with Crippen LogP contribution in [0.3, 0.4) is 0 Å². The molecule has 1 unspecified atom stereocenters. The molecule has 1 fully saturated rings. The first-order chi connectivity index (χ1) is 10.7. The minimum absolute atomic E-state index is 0.125. The highest BCUT2D eigenvalue weighted by Crippen LogP contribution is 2.42. The summed E-state index contributed by atoms with van der Waals surface area (Å²) in [4.78, 5) is 3.78. The third-order valence-corrected chi connectivity index (χ3v) is 6.02. The van der Waals surface area contributed by atoms with Gasteiger partial charge in [0.15, 0.2) is 0 Å². The second-order valence-electron chi connectivity index (χ2n) is 6.45. The highest BCUT2D eigenvalue weighted by atomic mass is 32.1. The highest BCUT2D eigenvalue weighted by Gasteiger charge is 2.26. The predicted octanol–water partition coefficient (Wildman–Crippen LogP) is 3.83. The number of benzene rings is 1. The van der Waals surface area contributed by atoms with Crippen LogP contribution in [0.25, 0.3) is 5.57 Å². The van der Waals surface area contributed by atoms with Crippen LogP contribution < -0.4 is 5.73 Å². The smallest absolute Gasteiger partial charge is 0.0437 e. The highest BCUT2D eigenvalue weighted by molar-refractivity contribution is 7.10. The van der Waals surface area contributed by atoms with E-state index in [1.807, 2.05) is 11.3 Å². The van der Waals surface area contributed by atoms with Gasteiger partial charge in [-0.15, -0.1) is 11.3 Å². The number of likely N-dealkylation sites (tertiary alicyclic amines) is 1. The molecule has 1 aliphatic carbocycles. The molecule has 1 atom stereocenters. The Morgan fingerprint density at radius 3 is 2.68 bits per heavy atom. The molecule has 1 saturated heterocycles. The second-order valence-corrected chi connectivity index (χ2v) is 7.40. The topological polar surface area (TPSA) is 29.3 Å². The van der Waals surface area contributed by atoms with Crippen LogP contribution >= 0.6 is 11.3 Å². The van der Waals surface area contributed by atoms with E-state index < -0.39 is 0 Å². The largest absolute Gasteiger partial charge is 0.323 e. The molecule has 1 aromatic carbocycles. The van der Waals surface area contributed by atoms with Crippen molar-refractivity contribution < 1.29 is 0 Å². The normalized spacial score (nSPS) is 22.2. The van der Waals surface area contributed by atoms with Crippen LogP contribution in [-0.2, 0) is 6.42 Å². The molecule has 2 aliphatic rings. The van der Waals surface area contributed by atoms with Crippen molar-refractivity contribution in [3.8, 4) is 0 Å². The summed E-state index contributed by atoms with van der Waals surface area (Å²) < 4.78 is 0. The standard InChI is InChI=1S/C19H22N2S/c1-21-9-6-13(7-10-21)18-15-5-3-2-4-14(15)12-17(20)19-16(18)8-11-22-19/h2-5,8,11,17H,6-7,9-10,12,20H2,1H3. The van der Waals surface area contributed by atoms with Crippen LogP contribution in [0.2, 0.25) is 0 Å². The zero-order valence-corrected chi connectivity index (χ0v) is 13.8. The Kier molecular flexibility index (Phi) is 3.65. The van der Waals surface area contributed by atoms with Crippen molar-refractivity contribution in [2.45, 2.75) is 25.3 Å². The van der Waals surface area contributed by atoms with E-state index in [9.17, 15) is 0 Å². The van der Waals surface area contributed by atoms with E-state index in [-0.39, 0.29) is 6.04 Å². The summed E-state index contributed by atoms with van der Waals surface area (Å²) in [5, 5.41) is 2.20. The van der Waals surface area contributed by atoms with E-state index in [0.29, 0.717) is 0 Å². The van der Waals surface area contributed by atoms with Gasteiger partial charge in [0.25, 0.3) is 0 Å². The lowest BCUT2D eigenvalue weighted by molar-refractivity contribution is 0.313. The third kappa shape index (κ3) is 2.34. The Hall–Kier alpha value is -1.42. The molecule has 0 bridgehead atoms. The Labute approximate surface area is 136 Å². The fourth-order valence-electron chi connectivity index (χ4n) is 3.75. The average molecular weight is 310 g/mol. The van der Waals surface area contributed by atoms with Gasteiger partial charge < -0.3 is 10.6 Å². The summed E-state index contributed by atoms with van der Waals surface area (Å²) in [6.07, 6.45) is 3.29. The molecule has 0 spiro atoms. The van der Waals surface area contributed by atoms with E-state index in [2.05, 4.69) is 47.7 Å². The molecule has 2 nitrogen and oxygen atoms in total. The van der Waals surface area contributed by atoms with Crippen molar-refractivity contribution in [1.29, 1.82) is 0 Å². The van der Waals surface area contributed by atoms with Crippen molar-refractivity contribution >= 4 is 16.9 Å². The number of hydrogen-bond donors (Lipinski definition) is 1. The summed E-state index contributed by atoms with van der Waals surface area (Å²) in [7, 11) is 2.22. The Balaban J connectivity index is 1.94. The van der Waals surface area contributed by atoms with E-state index in [1.165, 1.54) is 40.0 Å². The zero-order chi connectivity index (χ0) is 15.1. The Morgan fingerprint density at radius 2 is 1.86 bits per heavy atom. The number of fused-ring (bicyclic) bond motifs is 2. The van der Waals surface area contributed by atoms with Crippen LogP contribution in [0.4, 0.5) is 0 Å². The molecule has 2 heterocycles. The summed E-state index contributed by atoms with van der Waals surface area (Å²) >= 11 is 1.82. The molecule has 0 saturated carbocycles. The molecule has 1 aliphatic heterocycles. The summed E-state index contributed by atoms with van der Waals surface area (Å²) in [6, 6.07) is 11.2. The molecule has 1 aromatic heterocycles. The number of nitrogens with two attached hydrogens (primary N) is 1. The van der Waals surface area contributed by atoms with Gasteiger partial charge in [0, 0.05) is 24.0 Å². The molecule has 0 radical (unpaired) electrons. The first kappa shape index (κ1) is 14.2. The molecule has 0 amide bonds. The zero-order valence-electron chi connectivity index (χ0n) is 13.0. The molecule has 22 heavy (non-hydrogen) atoms. The van der Waals surface area contributed by atoms with E-state index >= 15 is 0 Å². The maximum absolute atomic E-state index is 6.50. The van der Waals surface area contributed by atoms with E-state index in [1.54, 1.807) is 5.57 Å². The molecule has 114 valence electrons. The van der Waals surface area contributed by atoms with Crippen molar-refractivity contribution in [3.05, 3.63) is 62.9 Å². The van der Waals surface area contributed by atoms with Crippen LogP contribution in [0.15, 0.2) is 41.3 Å². The van der Waals surface area contributed by atoms with Crippen LogP contribution in [0.1, 0.15) is 40.5 Å². The van der Waals surface area contributed by atoms with Crippen molar-refractivity contribution in [3.63, 3.8) is 0 Å². The molecule has 2 aromatic rings. The molecule has 4 rings (SSSR count). The van der Waals surface area contributed by atoms with Gasteiger partial charge in [-0.25, -0.2) is 0 Å². The van der Waals surface area contributed by atoms with Gasteiger partial charge in [0.1, 0.15) is 0 Å². The number of hydrogen-bond acceptors (Lipinski definition) is 3. The van der Waals surface area contributed by atoms with Crippen molar-refractivity contribution in [2.24, 2.45) is 5.73 Å². The third-order valence-electron chi connectivity index (χ3n) is 4.97. The lowest BCUT2D eigenvalue weighted by Crippen LogP contribution is -2.27. The average Bonchev–Trinajstić information content (AvgIpc) is 2.96. The SMILES string of the molecule is CN1CCC(=C2c3ccccc3CC(N)c3sccc32)CC1. The number of thiophene rings is 1. The lowest BCUT2D eigenvalue weighted by Gasteiger charge is -2.27. The van der Waals surface area contributed by atoms with Crippen molar-refractivity contribution in [1.82, 2.24) is 4.90 Å². The molecule has 3 heteroatoms. The summed E-state index contributed by atoms with van der Waals surface area (Å²) in [5.74, 6) is 0. The Bertz CT molecular complexity index is 719. The second kappa shape index (κ2) is 5.65. The minimum Gasteiger partial charge on any atom is -0.323 e. The fourth-order valence-corrected chi connectivity index (χ4v) is 4.66. The molecular formula is C19H22N2S. The van der Waals surface area contributed by atoms with Gasteiger partial charge in [0.05, 0.1) is 0 Å². The summed E-state index contributed by atoms with van der Waals surface area (Å²) in [6.45, 7) is 2.32. The first-order valence-corrected chi connectivity index (χ1v) is 8.94. The van der Waals surface area contributed by atoms with Gasteiger partial charge in [-0.3, -0.25) is 0 Å². The number of nitrogens with zero attached hydrogens (tertiary/aromatic N) is 1. The maximum atomic E-state index is 6.50. The fraction of sp³-hybridized carbons (Fsp3) is 0.368. The lowest BCUT2D eigenvalue weighted by atomic mass is 9.88. The van der Waals surface area contributed by atoms with Crippen LogP contribution in [0.5, 0.6) is 0 Å². The monoisotopic (exact) mass is 310 g/mol. The molecule has 2 N–H and O–H groups in total. The van der Waals surface area contributed by atoms with Gasteiger partial charge in [0.2, 0.25) is 0 Å². The maximum Gasteiger partial charge on any atom is 0.0437 e. The number of piperidine rings is 1. The predicted molar refractivity (Wildman–Crippen MR) is 94.1 cm³/mol. The van der Waals surface area contributed by atoms with Gasteiger partial charge in [-0.05, 0) is 60.0 Å². The minimum atomic E-state index is 0.125. The van der Waals surface area contributed by atoms with Crippen LogP contribution in [-0.4, -0.2) is 25.0 Å². The first-order valence-electron chi connectivity index (χ1n) is 8.06. The van der Waals surface area contributed by atoms with Gasteiger partial charge >= 0.3 is 0 Å². The van der Waals surface area contributed by atoms with E-state index in [0.717, 1.165) is 19.5 Å². The van der Waals surface area contributed by atoms with Gasteiger partial charge in [-0.1, -0.05) is 29.8 Å². The molecular weight excluding hydrogens is 288 g/mol. The summed E-state index contributed by atoms with van der Waals surface area (Å²) in [5.41, 5.74) is 13.8. The van der Waals surface area contributed by atoms with Crippen molar-refractivity contribution in [2.75, 3.05) is 20.1 Å². The van der Waals surface area contributed by atoms with E-state index in [4.69, 9.17) is 5.73 Å². The Morgan fingerprint density at radius 1 is 1.09 bits per heavy atom.